The second kappa shape index (κ2) is 5.92. The first-order valence-electron chi connectivity index (χ1n) is 7.70. The van der Waals surface area contributed by atoms with E-state index in [0.29, 0.717) is 12.0 Å². The standard InChI is InChI=1S/C17H18N4O3/c1-4-12(14(22)11-7-5-10(2)6-8-11)21-9-18-15-13(21)16(23)19-17(24)20(15)3/h5-9,12H,4H2,1-3H3,(H,19,23,24). The summed E-state index contributed by atoms with van der Waals surface area (Å²) in [6.07, 6.45) is 1.94. The maximum atomic E-state index is 12.9. The van der Waals surface area contributed by atoms with Crippen LogP contribution in [0.5, 0.6) is 0 Å². The van der Waals surface area contributed by atoms with Crippen molar-refractivity contribution in [2.75, 3.05) is 0 Å². The zero-order chi connectivity index (χ0) is 17.4. The van der Waals surface area contributed by atoms with Gasteiger partial charge in [0.15, 0.2) is 16.9 Å². The molecule has 1 N–H and O–H groups in total. The highest BCUT2D eigenvalue weighted by atomic mass is 16.2. The largest absolute Gasteiger partial charge is 0.329 e. The molecule has 3 rings (SSSR count). The van der Waals surface area contributed by atoms with E-state index in [9.17, 15) is 14.4 Å². The molecule has 0 aliphatic heterocycles. The number of carbonyl (C=O) groups is 1. The number of aromatic nitrogens is 4. The van der Waals surface area contributed by atoms with Gasteiger partial charge in [0.1, 0.15) is 0 Å². The van der Waals surface area contributed by atoms with Crippen LogP contribution in [0.1, 0.15) is 35.3 Å². The van der Waals surface area contributed by atoms with Gasteiger partial charge >= 0.3 is 5.69 Å². The molecule has 2 aromatic heterocycles. The van der Waals surface area contributed by atoms with Crippen molar-refractivity contribution in [3.63, 3.8) is 0 Å². The number of H-pyrrole nitrogens is 1. The van der Waals surface area contributed by atoms with Gasteiger partial charge in [0, 0.05) is 12.6 Å². The number of imidazole rings is 1. The van der Waals surface area contributed by atoms with Crippen LogP contribution in [0.4, 0.5) is 0 Å². The Morgan fingerprint density at radius 1 is 1.25 bits per heavy atom. The molecule has 0 bridgehead atoms. The molecule has 0 spiro atoms. The predicted molar refractivity (Wildman–Crippen MR) is 90.4 cm³/mol. The molecule has 0 amide bonds. The summed E-state index contributed by atoms with van der Waals surface area (Å²) < 4.78 is 2.81. The lowest BCUT2D eigenvalue weighted by molar-refractivity contribution is 0.0924. The number of aryl methyl sites for hydroxylation is 2. The van der Waals surface area contributed by atoms with Crippen molar-refractivity contribution in [1.82, 2.24) is 19.1 Å². The molecule has 7 heteroatoms. The fraction of sp³-hybridized carbons (Fsp3) is 0.294. The SMILES string of the molecule is CCC(C(=O)c1ccc(C)cc1)n1cnc2c1c(=O)[nH]c(=O)n2C. The summed E-state index contributed by atoms with van der Waals surface area (Å²) in [5.74, 6) is -0.0925. The molecule has 3 aromatic rings. The number of hydrogen-bond donors (Lipinski definition) is 1. The zero-order valence-electron chi connectivity index (χ0n) is 13.7. The number of fused-ring (bicyclic) bond motifs is 1. The molecule has 2 heterocycles. The fourth-order valence-corrected chi connectivity index (χ4v) is 2.81. The van der Waals surface area contributed by atoms with Gasteiger partial charge in [-0.3, -0.25) is 19.1 Å². The predicted octanol–water partition coefficient (Wildman–Crippen LogP) is 1.57. The Hall–Kier alpha value is -2.96. The number of nitrogens with one attached hydrogen (secondary N) is 1. The highest BCUT2D eigenvalue weighted by Gasteiger charge is 2.24. The van der Waals surface area contributed by atoms with Gasteiger partial charge in [-0.2, -0.15) is 0 Å². The molecule has 1 aromatic carbocycles. The van der Waals surface area contributed by atoms with Gasteiger partial charge in [0.05, 0.1) is 12.4 Å². The highest BCUT2D eigenvalue weighted by molar-refractivity contribution is 5.99. The first-order valence-corrected chi connectivity index (χ1v) is 7.70. The van der Waals surface area contributed by atoms with E-state index in [1.165, 1.54) is 17.9 Å². The second-order valence-electron chi connectivity index (χ2n) is 5.80. The van der Waals surface area contributed by atoms with E-state index in [4.69, 9.17) is 0 Å². The number of Topliss-reactive ketones (excluding diaryl/α,β-unsaturated/α-hetero) is 1. The molecule has 7 nitrogen and oxygen atoms in total. The topological polar surface area (TPSA) is 89.8 Å². The van der Waals surface area contributed by atoms with Gasteiger partial charge in [-0.25, -0.2) is 9.78 Å². The second-order valence-corrected chi connectivity index (χ2v) is 5.80. The number of aromatic amines is 1. The Kier molecular flexibility index (Phi) is 3.92. The summed E-state index contributed by atoms with van der Waals surface area (Å²) in [5, 5.41) is 0. The minimum absolute atomic E-state index is 0.0925. The molecule has 0 aliphatic rings. The number of carbonyl (C=O) groups excluding carboxylic acids is 1. The quantitative estimate of drug-likeness (QED) is 0.737. The van der Waals surface area contributed by atoms with Crippen molar-refractivity contribution in [2.45, 2.75) is 26.3 Å². The normalized spacial score (nSPS) is 12.5. The molecule has 0 fully saturated rings. The first-order chi connectivity index (χ1) is 11.4. The van der Waals surface area contributed by atoms with Crippen molar-refractivity contribution in [1.29, 1.82) is 0 Å². The third kappa shape index (κ3) is 2.47. The van der Waals surface area contributed by atoms with Crippen LogP contribution < -0.4 is 11.2 Å². The van der Waals surface area contributed by atoms with Gasteiger partial charge in [-0.1, -0.05) is 36.8 Å². The van der Waals surface area contributed by atoms with Gasteiger partial charge in [-0.05, 0) is 13.3 Å². The molecule has 0 saturated heterocycles. The Morgan fingerprint density at radius 2 is 1.92 bits per heavy atom. The lowest BCUT2D eigenvalue weighted by Crippen LogP contribution is -2.30. The van der Waals surface area contributed by atoms with E-state index < -0.39 is 17.3 Å². The fourth-order valence-electron chi connectivity index (χ4n) is 2.81. The lowest BCUT2D eigenvalue weighted by Gasteiger charge is -2.16. The van der Waals surface area contributed by atoms with Crippen LogP contribution in [0.15, 0.2) is 40.2 Å². The number of ketones is 1. The van der Waals surface area contributed by atoms with Crippen molar-refractivity contribution < 1.29 is 4.79 Å². The maximum Gasteiger partial charge on any atom is 0.329 e. The van der Waals surface area contributed by atoms with Gasteiger partial charge in [0.25, 0.3) is 5.56 Å². The van der Waals surface area contributed by atoms with E-state index in [2.05, 4.69) is 9.97 Å². The van der Waals surface area contributed by atoms with Crippen LogP contribution in [-0.2, 0) is 7.05 Å². The average molecular weight is 326 g/mol. The van der Waals surface area contributed by atoms with Crippen molar-refractivity contribution >= 4 is 16.9 Å². The van der Waals surface area contributed by atoms with Gasteiger partial charge < -0.3 is 4.57 Å². The molecular formula is C17H18N4O3. The molecule has 0 aliphatic carbocycles. The van der Waals surface area contributed by atoms with Gasteiger partial charge in [0.2, 0.25) is 0 Å². The maximum absolute atomic E-state index is 12.9. The minimum atomic E-state index is -0.559. The van der Waals surface area contributed by atoms with Crippen molar-refractivity contribution in [2.24, 2.45) is 7.05 Å². The summed E-state index contributed by atoms with van der Waals surface area (Å²) in [7, 11) is 1.53. The molecular weight excluding hydrogens is 308 g/mol. The number of nitrogens with zero attached hydrogens (tertiary/aromatic N) is 3. The molecule has 0 radical (unpaired) electrons. The first kappa shape index (κ1) is 15.9. The third-order valence-electron chi connectivity index (χ3n) is 4.19. The molecule has 1 unspecified atom stereocenters. The molecule has 1 atom stereocenters. The number of hydrogen-bond acceptors (Lipinski definition) is 4. The lowest BCUT2D eigenvalue weighted by atomic mass is 10.0. The minimum Gasteiger partial charge on any atom is -0.314 e. The average Bonchev–Trinajstić information content (AvgIpc) is 2.99. The highest BCUT2D eigenvalue weighted by Crippen LogP contribution is 2.21. The summed E-state index contributed by atoms with van der Waals surface area (Å²) in [4.78, 5) is 43.2. The van der Waals surface area contributed by atoms with Crippen LogP contribution in [0.2, 0.25) is 0 Å². The summed E-state index contributed by atoms with van der Waals surface area (Å²) in [5.41, 5.74) is 1.06. The van der Waals surface area contributed by atoms with E-state index in [1.807, 2.05) is 26.0 Å². The van der Waals surface area contributed by atoms with E-state index in [-0.39, 0.29) is 16.9 Å². The van der Waals surface area contributed by atoms with E-state index >= 15 is 0 Å². The van der Waals surface area contributed by atoms with Crippen LogP contribution in [0.3, 0.4) is 0 Å². The Morgan fingerprint density at radius 3 is 2.54 bits per heavy atom. The molecule has 124 valence electrons. The van der Waals surface area contributed by atoms with E-state index in [0.717, 1.165) is 5.56 Å². The Labute approximate surface area is 137 Å². The zero-order valence-corrected chi connectivity index (χ0v) is 13.7. The van der Waals surface area contributed by atoms with Crippen LogP contribution >= 0.6 is 0 Å². The number of benzene rings is 1. The molecule has 24 heavy (non-hydrogen) atoms. The van der Waals surface area contributed by atoms with Crippen LogP contribution in [0, 0.1) is 6.92 Å². The Bertz CT molecular complexity index is 1020. The van der Waals surface area contributed by atoms with Gasteiger partial charge in [-0.15, -0.1) is 0 Å². The number of rotatable bonds is 4. The third-order valence-corrected chi connectivity index (χ3v) is 4.19. The van der Waals surface area contributed by atoms with E-state index in [1.54, 1.807) is 16.7 Å². The van der Waals surface area contributed by atoms with Crippen molar-refractivity contribution in [3.05, 3.63) is 62.6 Å². The monoisotopic (exact) mass is 326 g/mol. The van der Waals surface area contributed by atoms with Crippen molar-refractivity contribution in [3.8, 4) is 0 Å². The summed E-state index contributed by atoms with van der Waals surface area (Å²) >= 11 is 0. The van der Waals surface area contributed by atoms with Crippen LogP contribution in [-0.4, -0.2) is 24.9 Å². The smallest absolute Gasteiger partial charge is 0.314 e. The Balaban J connectivity index is 2.15. The summed E-state index contributed by atoms with van der Waals surface area (Å²) in [6, 6.07) is 6.75. The summed E-state index contributed by atoms with van der Waals surface area (Å²) in [6.45, 7) is 3.83. The van der Waals surface area contributed by atoms with Crippen LogP contribution in [0.25, 0.3) is 11.2 Å². The molecule has 0 saturated carbocycles.